The van der Waals surface area contributed by atoms with Crippen molar-refractivity contribution in [2.24, 2.45) is 0 Å². The molecule has 1 heterocycles. The lowest BCUT2D eigenvalue weighted by Gasteiger charge is -2.34. The number of benzene rings is 2. The first kappa shape index (κ1) is 13.4. The first-order valence-corrected chi connectivity index (χ1v) is 6.93. The van der Waals surface area contributed by atoms with Crippen LogP contribution < -0.4 is 4.90 Å². The van der Waals surface area contributed by atoms with Crippen LogP contribution >= 0.6 is 0 Å². The molecule has 0 bridgehead atoms. The summed E-state index contributed by atoms with van der Waals surface area (Å²) in [6.45, 7) is 3.82. The minimum atomic E-state index is -0.381. The Labute approximate surface area is 124 Å². The summed E-state index contributed by atoms with van der Waals surface area (Å²) in [7, 11) is 2.02. The Kier molecular flexibility index (Phi) is 3.48. The molecule has 3 rings (SSSR count). The van der Waals surface area contributed by atoms with Crippen LogP contribution in [0, 0.1) is 0 Å². The summed E-state index contributed by atoms with van der Waals surface area (Å²) in [6, 6.07) is 15.9. The molecule has 0 spiro atoms. The van der Waals surface area contributed by atoms with Crippen LogP contribution in [0.25, 0.3) is 0 Å². The standard InChI is InChI=1S/C18H17NO2/c1-3-12-21-18(20)17-13-8-4-6-10-15(13)19(2)16-11-7-5-9-14(16)17/h3-11,17H,1,12H2,2H3. The summed E-state index contributed by atoms with van der Waals surface area (Å²) in [4.78, 5) is 14.6. The van der Waals surface area contributed by atoms with Gasteiger partial charge in [-0.1, -0.05) is 49.1 Å². The zero-order chi connectivity index (χ0) is 14.8. The number of rotatable bonds is 3. The average Bonchev–Trinajstić information content (AvgIpc) is 2.53. The third-order valence-electron chi connectivity index (χ3n) is 3.80. The Hall–Kier alpha value is -2.55. The molecule has 2 aromatic rings. The SMILES string of the molecule is C=CCOC(=O)C1c2ccccc2N(C)c2ccccc21. The lowest BCUT2D eigenvalue weighted by atomic mass is 9.85. The fourth-order valence-corrected chi connectivity index (χ4v) is 2.85. The molecule has 1 aliphatic heterocycles. The van der Waals surface area contributed by atoms with Gasteiger partial charge in [-0.25, -0.2) is 0 Å². The second kappa shape index (κ2) is 5.44. The van der Waals surface area contributed by atoms with Gasteiger partial charge in [0.25, 0.3) is 0 Å². The topological polar surface area (TPSA) is 29.5 Å². The zero-order valence-electron chi connectivity index (χ0n) is 12.0. The number of nitrogens with zero attached hydrogens (tertiary/aromatic N) is 1. The van der Waals surface area contributed by atoms with Crippen LogP contribution in [0.2, 0.25) is 0 Å². The van der Waals surface area contributed by atoms with Gasteiger partial charge in [-0.15, -0.1) is 0 Å². The summed E-state index contributed by atoms with van der Waals surface area (Å²) in [5.41, 5.74) is 4.04. The van der Waals surface area contributed by atoms with Crippen molar-refractivity contribution in [1.29, 1.82) is 0 Å². The second-order valence-electron chi connectivity index (χ2n) is 5.03. The van der Waals surface area contributed by atoms with Crippen molar-refractivity contribution in [3.05, 3.63) is 72.3 Å². The molecular formula is C18H17NO2. The highest BCUT2D eigenvalue weighted by Crippen LogP contribution is 2.44. The number of hydrogen-bond donors (Lipinski definition) is 0. The molecule has 0 aromatic heterocycles. The van der Waals surface area contributed by atoms with E-state index in [1.165, 1.54) is 0 Å². The van der Waals surface area contributed by atoms with Gasteiger partial charge in [0.2, 0.25) is 0 Å². The van der Waals surface area contributed by atoms with Gasteiger partial charge in [0.1, 0.15) is 12.5 Å². The van der Waals surface area contributed by atoms with Gasteiger partial charge < -0.3 is 9.64 Å². The minimum absolute atomic E-state index is 0.232. The zero-order valence-corrected chi connectivity index (χ0v) is 12.0. The molecule has 21 heavy (non-hydrogen) atoms. The molecule has 0 fully saturated rings. The predicted molar refractivity (Wildman–Crippen MR) is 83.9 cm³/mol. The maximum atomic E-state index is 12.5. The monoisotopic (exact) mass is 279 g/mol. The van der Waals surface area contributed by atoms with E-state index in [0.29, 0.717) is 0 Å². The van der Waals surface area contributed by atoms with Gasteiger partial charge >= 0.3 is 5.97 Å². The number of carbonyl (C=O) groups excluding carboxylic acids is 1. The van der Waals surface area contributed by atoms with Crippen LogP contribution in [0.1, 0.15) is 17.0 Å². The lowest BCUT2D eigenvalue weighted by Crippen LogP contribution is -2.27. The van der Waals surface area contributed by atoms with E-state index < -0.39 is 0 Å². The maximum absolute atomic E-state index is 12.5. The molecule has 106 valence electrons. The van der Waals surface area contributed by atoms with E-state index in [1.807, 2.05) is 55.6 Å². The molecule has 3 heteroatoms. The molecule has 0 amide bonds. The van der Waals surface area contributed by atoms with Crippen molar-refractivity contribution in [3.63, 3.8) is 0 Å². The molecule has 0 atom stereocenters. The number of carbonyl (C=O) groups is 1. The van der Waals surface area contributed by atoms with Crippen LogP contribution in [0.3, 0.4) is 0 Å². The maximum Gasteiger partial charge on any atom is 0.318 e. The molecule has 2 aromatic carbocycles. The van der Waals surface area contributed by atoms with Gasteiger partial charge in [-0.05, 0) is 23.3 Å². The fourth-order valence-electron chi connectivity index (χ4n) is 2.85. The largest absolute Gasteiger partial charge is 0.461 e. The number of para-hydroxylation sites is 2. The first-order valence-electron chi connectivity index (χ1n) is 6.93. The van der Waals surface area contributed by atoms with Crippen molar-refractivity contribution in [3.8, 4) is 0 Å². The fraction of sp³-hybridized carbons (Fsp3) is 0.167. The molecular weight excluding hydrogens is 262 g/mol. The minimum Gasteiger partial charge on any atom is -0.461 e. The molecule has 1 aliphatic rings. The Bertz CT molecular complexity index is 646. The van der Waals surface area contributed by atoms with E-state index in [2.05, 4.69) is 11.5 Å². The first-order chi connectivity index (χ1) is 10.2. The molecule has 0 unspecified atom stereocenters. The van der Waals surface area contributed by atoms with Crippen molar-refractivity contribution >= 4 is 17.3 Å². The molecule has 0 saturated heterocycles. The molecule has 0 N–H and O–H groups in total. The van der Waals surface area contributed by atoms with E-state index in [-0.39, 0.29) is 18.5 Å². The van der Waals surface area contributed by atoms with Crippen molar-refractivity contribution < 1.29 is 9.53 Å². The van der Waals surface area contributed by atoms with Gasteiger partial charge in [0.05, 0.1) is 0 Å². The Morgan fingerprint density at radius 2 is 1.67 bits per heavy atom. The van der Waals surface area contributed by atoms with E-state index in [1.54, 1.807) is 6.08 Å². The van der Waals surface area contributed by atoms with Crippen molar-refractivity contribution in [2.45, 2.75) is 5.92 Å². The van der Waals surface area contributed by atoms with E-state index in [0.717, 1.165) is 22.5 Å². The highest BCUT2D eigenvalue weighted by atomic mass is 16.5. The summed E-state index contributed by atoms with van der Waals surface area (Å²) in [6.07, 6.45) is 1.59. The highest BCUT2D eigenvalue weighted by Gasteiger charge is 2.34. The van der Waals surface area contributed by atoms with Crippen LogP contribution in [-0.2, 0) is 9.53 Å². The quantitative estimate of drug-likeness (QED) is 0.634. The molecule has 0 aliphatic carbocycles. The lowest BCUT2D eigenvalue weighted by molar-refractivity contribution is -0.143. The predicted octanol–water partition coefficient (Wildman–Crippen LogP) is 3.63. The third-order valence-corrected chi connectivity index (χ3v) is 3.80. The summed E-state index contributed by atoms with van der Waals surface area (Å²) in [5.74, 6) is -0.614. The van der Waals surface area contributed by atoms with Gasteiger partial charge in [-0.3, -0.25) is 4.79 Å². The number of esters is 1. The molecule has 0 saturated carbocycles. The normalized spacial score (nSPS) is 13.3. The Balaban J connectivity index is 2.13. The van der Waals surface area contributed by atoms with E-state index >= 15 is 0 Å². The number of anilines is 2. The van der Waals surface area contributed by atoms with Crippen LogP contribution in [-0.4, -0.2) is 19.6 Å². The molecule has 3 nitrogen and oxygen atoms in total. The third kappa shape index (κ3) is 2.21. The summed E-state index contributed by atoms with van der Waals surface area (Å²) in [5, 5.41) is 0. The smallest absolute Gasteiger partial charge is 0.318 e. The van der Waals surface area contributed by atoms with Gasteiger partial charge in [-0.2, -0.15) is 0 Å². The molecule has 0 radical (unpaired) electrons. The van der Waals surface area contributed by atoms with Gasteiger partial charge in [0, 0.05) is 18.4 Å². The number of hydrogen-bond acceptors (Lipinski definition) is 3. The van der Waals surface area contributed by atoms with Crippen LogP contribution in [0.15, 0.2) is 61.2 Å². The number of fused-ring (bicyclic) bond motifs is 2. The van der Waals surface area contributed by atoms with Crippen molar-refractivity contribution in [1.82, 2.24) is 0 Å². The van der Waals surface area contributed by atoms with E-state index in [4.69, 9.17) is 4.74 Å². The summed E-state index contributed by atoms with van der Waals surface area (Å²) < 4.78 is 5.30. The van der Waals surface area contributed by atoms with Crippen LogP contribution in [0.4, 0.5) is 11.4 Å². The highest BCUT2D eigenvalue weighted by molar-refractivity contribution is 5.91. The Morgan fingerprint density at radius 3 is 2.19 bits per heavy atom. The van der Waals surface area contributed by atoms with Crippen LogP contribution in [0.5, 0.6) is 0 Å². The van der Waals surface area contributed by atoms with E-state index in [9.17, 15) is 4.79 Å². The Morgan fingerprint density at radius 1 is 1.14 bits per heavy atom. The second-order valence-corrected chi connectivity index (χ2v) is 5.03. The van der Waals surface area contributed by atoms with Gasteiger partial charge in [0.15, 0.2) is 0 Å². The summed E-state index contributed by atoms with van der Waals surface area (Å²) >= 11 is 0. The average molecular weight is 279 g/mol. The van der Waals surface area contributed by atoms with Crippen molar-refractivity contribution in [2.75, 3.05) is 18.6 Å². The number of ether oxygens (including phenoxy) is 1.